The molecule has 14 heteroatoms. The van der Waals surface area contributed by atoms with Crippen LogP contribution in [0.25, 0.3) is 11.2 Å². The number of aliphatic hydroxyl groups excluding tert-OH is 2. The van der Waals surface area contributed by atoms with E-state index < -0.39 is 39.0 Å². The number of ether oxygens (including phenoxy) is 1. The lowest BCUT2D eigenvalue weighted by atomic mass is 10.1. The van der Waals surface area contributed by atoms with Gasteiger partial charge in [-0.05, 0) is 13.0 Å². The highest BCUT2D eigenvalue weighted by molar-refractivity contribution is 7.46. The Hall–Kier alpha value is -1.70. The van der Waals surface area contributed by atoms with Gasteiger partial charge in [-0.25, -0.2) is 19.5 Å². The van der Waals surface area contributed by atoms with Gasteiger partial charge in [-0.1, -0.05) is 0 Å². The molecule has 27 heavy (non-hydrogen) atoms. The van der Waals surface area contributed by atoms with Crippen molar-refractivity contribution in [2.45, 2.75) is 31.0 Å². The minimum absolute atomic E-state index is 0.355. The number of nitrogens with one attached hydrogen (secondary N) is 1. The molecule has 1 aliphatic rings. The van der Waals surface area contributed by atoms with E-state index in [1.807, 2.05) is 0 Å². The van der Waals surface area contributed by atoms with Crippen molar-refractivity contribution in [3.05, 3.63) is 12.7 Å². The number of rotatable bonds is 8. The van der Waals surface area contributed by atoms with Crippen molar-refractivity contribution >= 4 is 24.8 Å². The number of nitrogens with two attached hydrogens (primary N) is 1. The van der Waals surface area contributed by atoms with Crippen molar-refractivity contribution in [3.8, 4) is 0 Å². The molecular formula is C13H21N6O7P. The normalized spacial score (nSPS) is 26.0. The van der Waals surface area contributed by atoms with Crippen LogP contribution in [-0.2, 0) is 13.8 Å². The van der Waals surface area contributed by atoms with Gasteiger partial charge in [0.05, 0.1) is 12.9 Å². The van der Waals surface area contributed by atoms with Crippen LogP contribution < -0.4 is 11.1 Å². The molecule has 7 N–H and O–H groups in total. The molecule has 1 aliphatic heterocycles. The second-order valence-electron chi connectivity index (χ2n) is 5.95. The average molecular weight is 404 g/mol. The second-order valence-corrected chi connectivity index (χ2v) is 7.19. The van der Waals surface area contributed by atoms with Gasteiger partial charge in [0.1, 0.15) is 24.6 Å². The Morgan fingerprint density at radius 2 is 2.07 bits per heavy atom. The minimum Gasteiger partial charge on any atom is -0.387 e. The van der Waals surface area contributed by atoms with Gasteiger partial charge in [0, 0.05) is 6.54 Å². The topological polar surface area (TPSA) is 198 Å². The molecule has 0 spiro atoms. The molecule has 13 nitrogen and oxygen atoms in total. The van der Waals surface area contributed by atoms with E-state index in [9.17, 15) is 14.8 Å². The summed E-state index contributed by atoms with van der Waals surface area (Å²) in [4.78, 5) is 30.1. The molecule has 0 unspecified atom stereocenters. The van der Waals surface area contributed by atoms with Crippen LogP contribution in [-0.4, -0.2) is 77.5 Å². The van der Waals surface area contributed by atoms with E-state index in [2.05, 4.69) is 24.8 Å². The van der Waals surface area contributed by atoms with E-state index in [4.69, 9.17) is 20.3 Å². The van der Waals surface area contributed by atoms with Gasteiger partial charge in [0.2, 0.25) is 0 Å². The van der Waals surface area contributed by atoms with Gasteiger partial charge in [-0.3, -0.25) is 9.09 Å². The Bertz CT molecular complexity index is 829. The van der Waals surface area contributed by atoms with Gasteiger partial charge in [-0.2, -0.15) is 0 Å². The molecule has 1 fully saturated rings. The third kappa shape index (κ3) is 4.42. The molecule has 0 aliphatic carbocycles. The summed E-state index contributed by atoms with van der Waals surface area (Å²) in [6.45, 7) is 0.527. The predicted octanol–water partition coefficient (Wildman–Crippen LogP) is -1.68. The third-order valence-electron chi connectivity index (χ3n) is 4.05. The highest BCUT2D eigenvalue weighted by Gasteiger charge is 2.45. The number of nitrogens with zero attached hydrogens (tertiary/aromatic N) is 4. The van der Waals surface area contributed by atoms with E-state index in [1.165, 1.54) is 17.2 Å². The van der Waals surface area contributed by atoms with Crippen molar-refractivity contribution in [2.75, 3.05) is 25.0 Å². The Morgan fingerprint density at radius 3 is 2.78 bits per heavy atom. The average Bonchev–Trinajstić information content (AvgIpc) is 3.16. The minimum atomic E-state index is -4.73. The summed E-state index contributed by atoms with van der Waals surface area (Å²) in [5, 5.41) is 23.5. The van der Waals surface area contributed by atoms with Crippen LogP contribution in [0, 0.1) is 0 Å². The molecule has 3 heterocycles. The number of imidazole rings is 1. The summed E-state index contributed by atoms with van der Waals surface area (Å²) in [7, 11) is -4.73. The summed E-state index contributed by atoms with van der Waals surface area (Å²) < 4.78 is 22.1. The number of phosphoric acid groups is 1. The van der Waals surface area contributed by atoms with E-state index in [0.29, 0.717) is 30.1 Å². The molecule has 0 radical (unpaired) electrons. The molecule has 2 aromatic rings. The fraction of sp³-hybridized carbons (Fsp3) is 0.615. The van der Waals surface area contributed by atoms with Gasteiger partial charge < -0.3 is 35.8 Å². The Labute approximate surface area is 153 Å². The molecule has 150 valence electrons. The van der Waals surface area contributed by atoms with Gasteiger partial charge in [-0.15, -0.1) is 0 Å². The molecule has 0 saturated carbocycles. The summed E-state index contributed by atoms with van der Waals surface area (Å²) >= 11 is 0. The first-order valence-electron chi connectivity index (χ1n) is 8.15. The zero-order valence-corrected chi connectivity index (χ0v) is 15.0. The number of hydrogen-bond donors (Lipinski definition) is 6. The zero-order valence-electron chi connectivity index (χ0n) is 14.1. The summed E-state index contributed by atoms with van der Waals surface area (Å²) in [5.74, 6) is 0.488. The van der Waals surface area contributed by atoms with Crippen LogP contribution in [0.3, 0.4) is 0 Å². The standard InChI is InChI=1S/C13H21N6O7P/c14-2-1-3-15-11-8-12(17-5-16-11)19(6-18-8)13-10(21)9(20)7(26-13)4-25-27(22,23)24/h5-7,9-10,13,20-21H,1-4,14H2,(H,15,16,17)(H2,22,23,24)/t7-,9-,10-,13-/m1/s1. The first-order valence-corrected chi connectivity index (χ1v) is 9.68. The number of aromatic nitrogens is 4. The number of hydrogen-bond acceptors (Lipinski definition) is 10. The Balaban J connectivity index is 1.80. The van der Waals surface area contributed by atoms with Crippen LogP contribution in [0.4, 0.5) is 5.82 Å². The van der Waals surface area contributed by atoms with Crippen LogP contribution >= 0.6 is 7.82 Å². The van der Waals surface area contributed by atoms with E-state index in [0.717, 1.165) is 6.42 Å². The smallest absolute Gasteiger partial charge is 0.387 e. The lowest BCUT2D eigenvalue weighted by molar-refractivity contribution is -0.0504. The van der Waals surface area contributed by atoms with Gasteiger partial charge in [0.25, 0.3) is 0 Å². The van der Waals surface area contributed by atoms with E-state index in [-0.39, 0.29) is 0 Å². The number of anilines is 1. The molecule has 0 aromatic carbocycles. The maximum absolute atomic E-state index is 10.8. The van der Waals surface area contributed by atoms with Crippen molar-refractivity contribution in [1.29, 1.82) is 0 Å². The lowest BCUT2D eigenvalue weighted by Crippen LogP contribution is -2.33. The maximum atomic E-state index is 10.8. The van der Waals surface area contributed by atoms with Crippen molar-refractivity contribution < 1.29 is 33.8 Å². The van der Waals surface area contributed by atoms with Gasteiger partial charge >= 0.3 is 7.82 Å². The quantitative estimate of drug-likeness (QED) is 0.216. The second kappa shape index (κ2) is 8.12. The molecule has 4 atom stereocenters. The highest BCUT2D eigenvalue weighted by Crippen LogP contribution is 2.38. The summed E-state index contributed by atoms with van der Waals surface area (Å²) in [5.41, 5.74) is 6.26. The van der Waals surface area contributed by atoms with E-state index in [1.54, 1.807) is 0 Å². The summed E-state index contributed by atoms with van der Waals surface area (Å²) in [6.07, 6.45) is -1.57. The number of aliphatic hydroxyl groups is 2. The Morgan fingerprint density at radius 1 is 1.30 bits per heavy atom. The zero-order chi connectivity index (χ0) is 19.6. The van der Waals surface area contributed by atoms with Crippen LogP contribution in [0.1, 0.15) is 12.6 Å². The first-order chi connectivity index (χ1) is 12.8. The largest absolute Gasteiger partial charge is 0.469 e. The van der Waals surface area contributed by atoms with Crippen molar-refractivity contribution in [3.63, 3.8) is 0 Å². The summed E-state index contributed by atoms with van der Waals surface area (Å²) in [6, 6.07) is 0. The van der Waals surface area contributed by atoms with Crippen LogP contribution in [0.2, 0.25) is 0 Å². The molecule has 2 aromatic heterocycles. The first kappa shape index (κ1) is 20.0. The maximum Gasteiger partial charge on any atom is 0.469 e. The van der Waals surface area contributed by atoms with E-state index >= 15 is 0 Å². The molecule has 1 saturated heterocycles. The molecular weight excluding hydrogens is 383 g/mol. The highest BCUT2D eigenvalue weighted by atomic mass is 31.2. The fourth-order valence-electron chi connectivity index (χ4n) is 2.74. The van der Waals surface area contributed by atoms with Crippen LogP contribution in [0.5, 0.6) is 0 Å². The van der Waals surface area contributed by atoms with Crippen LogP contribution in [0.15, 0.2) is 12.7 Å². The fourth-order valence-corrected chi connectivity index (χ4v) is 3.08. The monoisotopic (exact) mass is 404 g/mol. The number of phosphoric ester groups is 1. The van der Waals surface area contributed by atoms with Crippen molar-refractivity contribution in [1.82, 2.24) is 19.5 Å². The number of fused-ring (bicyclic) bond motifs is 1. The third-order valence-corrected chi connectivity index (χ3v) is 4.54. The van der Waals surface area contributed by atoms with Gasteiger partial charge in [0.15, 0.2) is 23.2 Å². The molecule has 3 rings (SSSR count). The lowest BCUT2D eigenvalue weighted by Gasteiger charge is -2.16. The SMILES string of the molecule is NCCCNc1ncnc2c1ncn2[C@@H]1O[C@H](COP(=O)(O)O)[C@@H](O)[C@H]1O. The Kier molecular flexibility index (Phi) is 6.03. The molecule has 0 amide bonds. The molecule has 0 bridgehead atoms. The predicted molar refractivity (Wildman–Crippen MR) is 91.4 cm³/mol. The van der Waals surface area contributed by atoms with Crippen molar-refractivity contribution in [2.24, 2.45) is 5.73 Å².